The Balaban J connectivity index is 2.00. The molecule has 2 rings (SSSR count). The van der Waals surface area contributed by atoms with E-state index in [2.05, 4.69) is 26.1 Å². The molecular weight excluding hydrogens is 246 g/mol. The minimum Gasteiger partial charge on any atom is -0.370 e. The Hall–Kier alpha value is -0.0800. The van der Waals surface area contributed by atoms with Crippen LogP contribution in [0.2, 0.25) is 0 Å². The molecule has 0 aromatic heterocycles. The topological polar surface area (TPSA) is 21.3 Å². The monoisotopic (exact) mass is 281 g/mol. The van der Waals surface area contributed by atoms with E-state index in [1.54, 1.807) is 0 Å². The molecule has 2 saturated carbocycles. The first-order valence-electron chi connectivity index (χ1n) is 9.02. The quantitative estimate of drug-likeness (QED) is 0.739. The number of rotatable bonds is 5. The van der Waals surface area contributed by atoms with Crippen LogP contribution in [-0.4, -0.2) is 24.3 Å². The van der Waals surface area contributed by atoms with Gasteiger partial charge in [-0.05, 0) is 31.6 Å². The predicted molar refractivity (Wildman–Crippen MR) is 86.1 cm³/mol. The summed E-state index contributed by atoms with van der Waals surface area (Å²) in [4.78, 5) is 0. The van der Waals surface area contributed by atoms with E-state index in [0.29, 0.717) is 12.1 Å². The molecule has 0 aromatic carbocycles. The lowest BCUT2D eigenvalue weighted by molar-refractivity contribution is -0.129. The van der Waals surface area contributed by atoms with E-state index >= 15 is 0 Å². The van der Waals surface area contributed by atoms with E-state index in [1.165, 1.54) is 64.2 Å². The molecule has 0 aliphatic heterocycles. The van der Waals surface area contributed by atoms with Crippen LogP contribution in [0.5, 0.6) is 0 Å². The van der Waals surface area contributed by atoms with E-state index in [0.717, 1.165) is 12.5 Å². The first kappa shape index (κ1) is 16.3. The summed E-state index contributed by atoms with van der Waals surface area (Å²) in [5.41, 5.74) is 0.122. The fourth-order valence-electron chi connectivity index (χ4n) is 3.88. The SMILES string of the molecule is CC(C)NCC1(OC2CCCCC2C)CCCCCC1. The molecule has 2 aliphatic carbocycles. The van der Waals surface area contributed by atoms with E-state index < -0.39 is 0 Å². The van der Waals surface area contributed by atoms with Crippen molar-refractivity contribution in [3.63, 3.8) is 0 Å². The average molecular weight is 281 g/mol. The van der Waals surface area contributed by atoms with Crippen LogP contribution in [0.3, 0.4) is 0 Å². The summed E-state index contributed by atoms with van der Waals surface area (Å²) in [6.07, 6.45) is 13.9. The first-order chi connectivity index (χ1) is 9.61. The molecule has 0 heterocycles. The maximum Gasteiger partial charge on any atom is 0.0810 e. The highest BCUT2D eigenvalue weighted by atomic mass is 16.5. The molecule has 1 N–H and O–H groups in total. The van der Waals surface area contributed by atoms with Gasteiger partial charge in [0, 0.05) is 12.6 Å². The number of nitrogens with one attached hydrogen (secondary N) is 1. The third-order valence-corrected chi connectivity index (χ3v) is 5.28. The van der Waals surface area contributed by atoms with Crippen molar-refractivity contribution >= 4 is 0 Å². The van der Waals surface area contributed by atoms with Gasteiger partial charge >= 0.3 is 0 Å². The average Bonchev–Trinajstić information content (AvgIpc) is 2.66. The van der Waals surface area contributed by atoms with Crippen LogP contribution in [0.1, 0.15) is 85.0 Å². The van der Waals surface area contributed by atoms with E-state index in [9.17, 15) is 0 Å². The summed E-state index contributed by atoms with van der Waals surface area (Å²) in [6, 6.07) is 0.558. The zero-order valence-electron chi connectivity index (χ0n) is 13.9. The van der Waals surface area contributed by atoms with Crippen molar-refractivity contribution in [2.45, 2.75) is 103 Å². The molecule has 118 valence electrons. The maximum atomic E-state index is 6.80. The highest BCUT2D eigenvalue weighted by molar-refractivity contribution is 4.89. The second-order valence-electron chi connectivity index (χ2n) is 7.55. The van der Waals surface area contributed by atoms with Crippen molar-refractivity contribution in [1.82, 2.24) is 5.32 Å². The van der Waals surface area contributed by atoms with Gasteiger partial charge < -0.3 is 10.1 Å². The third kappa shape index (κ3) is 4.73. The van der Waals surface area contributed by atoms with Gasteiger partial charge in [0.2, 0.25) is 0 Å². The molecule has 2 heteroatoms. The molecule has 2 atom stereocenters. The molecule has 0 aromatic rings. The molecule has 0 radical (unpaired) electrons. The van der Waals surface area contributed by atoms with Gasteiger partial charge in [0.1, 0.15) is 0 Å². The highest BCUT2D eigenvalue weighted by Gasteiger charge is 2.36. The first-order valence-corrected chi connectivity index (χ1v) is 9.02. The number of hydrogen-bond acceptors (Lipinski definition) is 2. The molecule has 0 spiro atoms. The molecule has 2 unspecified atom stereocenters. The lowest BCUT2D eigenvalue weighted by Gasteiger charge is -2.41. The van der Waals surface area contributed by atoms with Crippen molar-refractivity contribution in [3.05, 3.63) is 0 Å². The third-order valence-electron chi connectivity index (χ3n) is 5.28. The number of hydrogen-bond donors (Lipinski definition) is 1. The van der Waals surface area contributed by atoms with Crippen molar-refractivity contribution in [2.75, 3.05) is 6.54 Å². The smallest absolute Gasteiger partial charge is 0.0810 e. The second-order valence-corrected chi connectivity index (χ2v) is 7.55. The van der Waals surface area contributed by atoms with Crippen LogP contribution in [0.15, 0.2) is 0 Å². The van der Waals surface area contributed by atoms with E-state index in [-0.39, 0.29) is 5.60 Å². The molecule has 2 fully saturated rings. The summed E-state index contributed by atoms with van der Waals surface area (Å²) in [5.74, 6) is 0.753. The van der Waals surface area contributed by atoms with Gasteiger partial charge in [-0.15, -0.1) is 0 Å². The van der Waals surface area contributed by atoms with Crippen molar-refractivity contribution in [2.24, 2.45) is 5.92 Å². The van der Waals surface area contributed by atoms with Gasteiger partial charge in [-0.1, -0.05) is 59.3 Å². The number of ether oxygens (including phenoxy) is 1. The summed E-state index contributed by atoms with van der Waals surface area (Å²) in [7, 11) is 0. The van der Waals surface area contributed by atoms with Gasteiger partial charge in [-0.2, -0.15) is 0 Å². The second kappa shape index (κ2) is 7.79. The Morgan fingerprint density at radius 2 is 1.65 bits per heavy atom. The van der Waals surface area contributed by atoms with Crippen LogP contribution in [0.4, 0.5) is 0 Å². The van der Waals surface area contributed by atoms with Gasteiger partial charge in [0.25, 0.3) is 0 Å². The zero-order valence-corrected chi connectivity index (χ0v) is 13.9. The van der Waals surface area contributed by atoms with E-state index in [1.807, 2.05) is 0 Å². The molecule has 2 aliphatic rings. The lowest BCUT2D eigenvalue weighted by Crippen LogP contribution is -2.48. The van der Waals surface area contributed by atoms with Crippen LogP contribution in [0, 0.1) is 5.92 Å². The van der Waals surface area contributed by atoms with Crippen LogP contribution >= 0.6 is 0 Å². The molecule has 0 saturated heterocycles. The minimum absolute atomic E-state index is 0.122. The maximum absolute atomic E-state index is 6.80. The Morgan fingerprint density at radius 1 is 1.00 bits per heavy atom. The predicted octanol–water partition coefficient (Wildman–Crippen LogP) is 4.67. The Bertz CT molecular complexity index is 269. The molecule has 0 bridgehead atoms. The summed E-state index contributed by atoms with van der Waals surface area (Å²) < 4.78 is 6.80. The summed E-state index contributed by atoms with van der Waals surface area (Å²) >= 11 is 0. The fourth-order valence-corrected chi connectivity index (χ4v) is 3.88. The Morgan fingerprint density at radius 3 is 2.25 bits per heavy atom. The fraction of sp³-hybridized carbons (Fsp3) is 1.00. The van der Waals surface area contributed by atoms with Gasteiger partial charge in [0.05, 0.1) is 11.7 Å². The van der Waals surface area contributed by atoms with Crippen molar-refractivity contribution < 1.29 is 4.74 Å². The Labute approximate surface area is 126 Å². The van der Waals surface area contributed by atoms with Crippen LogP contribution in [-0.2, 0) is 4.74 Å². The summed E-state index contributed by atoms with van der Waals surface area (Å²) in [5, 5.41) is 3.66. The molecule has 0 amide bonds. The minimum atomic E-state index is 0.122. The van der Waals surface area contributed by atoms with Gasteiger partial charge in [-0.25, -0.2) is 0 Å². The van der Waals surface area contributed by atoms with Crippen molar-refractivity contribution in [1.29, 1.82) is 0 Å². The lowest BCUT2D eigenvalue weighted by atomic mass is 9.86. The van der Waals surface area contributed by atoms with Crippen molar-refractivity contribution in [3.8, 4) is 0 Å². The van der Waals surface area contributed by atoms with Gasteiger partial charge in [0.15, 0.2) is 0 Å². The normalized spacial score (nSPS) is 31.2. The summed E-state index contributed by atoms with van der Waals surface area (Å²) in [6.45, 7) is 7.93. The Kier molecular flexibility index (Phi) is 6.35. The molecular formula is C18H35NO. The largest absolute Gasteiger partial charge is 0.370 e. The zero-order chi connectivity index (χ0) is 14.4. The van der Waals surface area contributed by atoms with Crippen LogP contribution in [0.25, 0.3) is 0 Å². The van der Waals surface area contributed by atoms with Gasteiger partial charge in [-0.3, -0.25) is 0 Å². The standard InChI is InChI=1S/C18H35NO/c1-15(2)19-14-18(12-8-4-5-9-13-18)20-17-11-7-6-10-16(17)3/h15-17,19H,4-14H2,1-3H3. The molecule has 20 heavy (non-hydrogen) atoms. The van der Waals surface area contributed by atoms with Crippen LogP contribution < -0.4 is 5.32 Å². The molecule has 2 nitrogen and oxygen atoms in total. The van der Waals surface area contributed by atoms with E-state index in [4.69, 9.17) is 4.74 Å². The highest BCUT2D eigenvalue weighted by Crippen LogP contribution is 2.36.